The lowest BCUT2D eigenvalue weighted by Gasteiger charge is -2.37. The van der Waals surface area contributed by atoms with E-state index in [1.807, 2.05) is 18.2 Å². The summed E-state index contributed by atoms with van der Waals surface area (Å²) < 4.78 is 5.53. The van der Waals surface area contributed by atoms with Gasteiger partial charge in [-0.15, -0.1) is 0 Å². The molecule has 2 rings (SSSR count). The number of hydrogen-bond acceptors (Lipinski definition) is 3. The summed E-state index contributed by atoms with van der Waals surface area (Å²) in [4.78, 5) is 13.6. The Balaban J connectivity index is 2.21. The third-order valence-electron chi connectivity index (χ3n) is 4.70. The Bertz CT molecular complexity index is 527. The molecule has 1 aliphatic heterocycles. The van der Waals surface area contributed by atoms with Crippen molar-refractivity contribution in [2.75, 3.05) is 20.2 Å². The molecule has 4 nitrogen and oxygen atoms in total. The van der Waals surface area contributed by atoms with Crippen LogP contribution < -0.4 is 4.74 Å². The molecule has 1 N–H and O–H groups in total. The number of carboxylic acid groups (broad SMARTS) is 1. The molecule has 1 aliphatic rings. The van der Waals surface area contributed by atoms with E-state index in [-0.39, 0.29) is 12.0 Å². The van der Waals surface area contributed by atoms with Crippen molar-refractivity contribution >= 4 is 17.6 Å². The SMILES string of the molecule is CCCCC(c1cc(Cl)ccc1OC)N1CCC(C(=O)O)CC1. The highest BCUT2D eigenvalue weighted by Gasteiger charge is 2.30. The zero-order valence-corrected chi connectivity index (χ0v) is 14.7. The number of unbranched alkanes of at least 4 members (excludes halogenated alkanes) is 1. The molecule has 0 aromatic heterocycles. The summed E-state index contributed by atoms with van der Waals surface area (Å²) in [6, 6.07) is 5.99. The van der Waals surface area contributed by atoms with Crippen molar-refractivity contribution in [2.24, 2.45) is 5.92 Å². The van der Waals surface area contributed by atoms with Crippen LogP contribution in [0.15, 0.2) is 18.2 Å². The Kier molecular flexibility index (Phi) is 6.72. The van der Waals surface area contributed by atoms with Crippen LogP contribution in [0.1, 0.15) is 50.6 Å². The fourth-order valence-corrected chi connectivity index (χ4v) is 3.54. The van der Waals surface area contributed by atoms with Gasteiger partial charge in [-0.25, -0.2) is 0 Å². The summed E-state index contributed by atoms with van der Waals surface area (Å²) >= 11 is 6.20. The predicted molar refractivity (Wildman–Crippen MR) is 92.2 cm³/mol. The van der Waals surface area contributed by atoms with E-state index in [0.717, 1.165) is 43.7 Å². The van der Waals surface area contributed by atoms with Gasteiger partial charge in [-0.3, -0.25) is 9.69 Å². The van der Waals surface area contributed by atoms with E-state index in [9.17, 15) is 9.90 Å². The van der Waals surface area contributed by atoms with Gasteiger partial charge in [-0.2, -0.15) is 0 Å². The van der Waals surface area contributed by atoms with E-state index >= 15 is 0 Å². The van der Waals surface area contributed by atoms with Gasteiger partial charge in [0.1, 0.15) is 5.75 Å². The highest BCUT2D eigenvalue weighted by Crippen LogP contribution is 2.37. The van der Waals surface area contributed by atoms with Crippen molar-refractivity contribution in [2.45, 2.75) is 45.1 Å². The third kappa shape index (κ3) is 4.61. The quantitative estimate of drug-likeness (QED) is 0.801. The van der Waals surface area contributed by atoms with Gasteiger partial charge < -0.3 is 9.84 Å². The fraction of sp³-hybridized carbons (Fsp3) is 0.611. The second kappa shape index (κ2) is 8.55. The predicted octanol–water partition coefficient (Wildman–Crippen LogP) is 4.38. The monoisotopic (exact) mass is 339 g/mol. The van der Waals surface area contributed by atoms with Gasteiger partial charge in [-0.1, -0.05) is 31.4 Å². The number of ether oxygens (including phenoxy) is 1. The topological polar surface area (TPSA) is 49.8 Å². The first-order valence-corrected chi connectivity index (χ1v) is 8.74. The van der Waals surface area contributed by atoms with Crippen molar-refractivity contribution in [3.05, 3.63) is 28.8 Å². The summed E-state index contributed by atoms with van der Waals surface area (Å²) in [6.45, 7) is 3.80. The minimum atomic E-state index is -0.671. The lowest BCUT2D eigenvalue weighted by molar-refractivity contribution is -0.143. The molecule has 1 heterocycles. The number of halogens is 1. The smallest absolute Gasteiger partial charge is 0.306 e. The van der Waals surface area contributed by atoms with Gasteiger partial charge in [0.15, 0.2) is 0 Å². The molecule has 128 valence electrons. The first-order chi connectivity index (χ1) is 11.1. The first kappa shape index (κ1) is 18.1. The molecule has 0 bridgehead atoms. The molecule has 5 heteroatoms. The maximum Gasteiger partial charge on any atom is 0.306 e. The average molecular weight is 340 g/mol. The van der Waals surface area contributed by atoms with E-state index in [4.69, 9.17) is 16.3 Å². The van der Waals surface area contributed by atoms with E-state index in [2.05, 4.69) is 11.8 Å². The first-order valence-electron chi connectivity index (χ1n) is 8.37. The summed E-state index contributed by atoms with van der Waals surface area (Å²) in [5, 5.41) is 9.90. The van der Waals surface area contributed by atoms with Crippen molar-refractivity contribution in [3.63, 3.8) is 0 Å². The number of piperidine rings is 1. The summed E-state index contributed by atoms with van der Waals surface area (Å²) in [5.74, 6) is -0.0229. The number of likely N-dealkylation sites (tertiary alicyclic amines) is 1. The van der Waals surface area contributed by atoms with Crippen molar-refractivity contribution in [1.29, 1.82) is 0 Å². The number of nitrogens with zero attached hydrogens (tertiary/aromatic N) is 1. The van der Waals surface area contributed by atoms with Gasteiger partial charge in [0.2, 0.25) is 0 Å². The Morgan fingerprint density at radius 1 is 1.43 bits per heavy atom. The zero-order chi connectivity index (χ0) is 16.8. The van der Waals surface area contributed by atoms with Gasteiger partial charge in [0.05, 0.1) is 13.0 Å². The van der Waals surface area contributed by atoms with Crippen LogP contribution in [-0.4, -0.2) is 36.2 Å². The molecular weight excluding hydrogens is 314 g/mol. The summed E-state index contributed by atoms with van der Waals surface area (Å²) in [7, 11) is 1.68. The molecule has 1 saturated heterocycles. The van der Waals surface area contributed by atoms with Crippen LogP contribution in [0.2, 0.25) is 5.02 Å². The zero-order valence-electron chi connectivity index (χ0n) is 13.9. The molecule has 0 aliphatic carbocycles. The van der Waals surface area contributed by atoms with Gasteiger partial charge in [0.25, 0.3) is 0 Å². The number of benzene rings is 1. The molecule has 1 aromatic carbocycles. The maximum atomic E-state index is 11.2. The Hall–Kier alpha value is -1.26. The minimum absolute atomic E-state index is 0.209. The standard InChI is InChI=1S/C18H26ClNO3/c1-3-4-5-16(15-12-14(19)6-7-17(15)23-2)20-10-8-13(9-11-20)18(21)22/h6-7,12-13,16H,3-5,8-11H2,1-2H3,(H,21,22). The molecule has 1 atom stereocenters. The summed E-state index contributed by atoms with van der Waals surface area (Å²) in [6.07, 6.45) is 4.71. The molecule has 1 fully saturated rings. The molecule has 0 spiro atoms. The van der Waals surface area contributed by atoms with E-state index in [1.165, 1.54) is 0 Å². The Labute approximate surface area is 143 Å². The number of aliphatic carboxylic acids is 1. The van der Waals surface area contributed by atoms with E-state index < -0.39 is 5.97 Å². The van der Waals surface area contributed by atoms with Crippen LogP contribution in [0, 0.1) is 5.92 Å². The Morgan fingerprint density at radius 3 is 2.70 bits per heavy atom. The minimum Gasteiger partial charge on any atom is -0.496 e. The van der Waals surface area contributed by atoms with Crippen LogP contribution >= 0.6 is 11.6 Å². The van der Waals surface area contributed by atoms with Gasteiger partial charge in [0, 0.05) is 16.6 Å². The fourth-order valence-electron chi connectivity index (χ4n) is 3.36. The number of hydrogen-bond donors (Lipinski definition) is 1. The van der Waals surface area contributed by atoms with Crippen LogP contribution in [0.4, 0.5) is 0 Å². The van der Waals surface area contributed by atoms with Crippen LogP contribution in [0.5, 0.6) is 5.75 Å². The molecular formula is C18H26ClNO3. The average Bonchev–Trinajstić information content (AvgIpc) is 2.56. The normalized spacial score (nSPS) is 17.9. The molecule has 23 heavy (non-hydrogen) atoms. The highest BCUT2D eigenvalue weighted by atomic mass is 35.5. The number of carboxylic acids is 1. The lowest BCUT2D eigenvalue weighted by atomic mass is 9.92. The number of methoxy groups -OCH3 is 1. The largest absolute Gasteiger partial charge is 0.496 e. The molecule has 0 saturated carbocycles. The van der Waals surface area contributed by atoms with Crippen LogP contribution in [-0.2, 0) is 4.79 Å². The van der Waals surface area contributed by atoms with Gasteiger partial charge in [-0.05, 0) is 50.6 Å². The lowest BCUT2D eigenvalue weighted by Crippen LogP contribution is -2.39. The summed E-state index contributed by atoms with van der Waals surface area (Å²) in [5.41, 5.74) is 1.11. The number of rotatable bonds is 7. The van der Waals surface area contributed by atoms with E-state index in [0.29, 0.717) is 17.9 Å². The van der Waals surface area contributed by atoms with E-state index in [1.54, 1.807) is 7.11 Å². The van der Waals surface area contributed by atoms with Crippen molar-refractivity contribution in [3.8, 4) is 5.75 Å². The van der Waals surface area contributed by atoms with Gasteiger partial charge >= 0.3 is 5.97 Å². The highest BCUT2D eigenvalue weighted by molar-refractivity contribution is 6.30. The maximum absolute atomic E-state index is 11.2. The molecule has 1 aromatic rings. The van der Waals surface area contributed by atoms with Crippen molar-refractivity contribution in [1.82, 2.24) is 4.90 Å². The van der Waals surface area contributed by atoms with Crippen LogP contribution in [0.25, 0.3) is 0 Å². The van der Waals surface area contributed by atoms with Crippen molar-refractivity contribution < 1.29 is 14.6 Å². The Morgan fingerprint density at radius 2 is 2.13 bits per heavy atom. The molecule has 0 radical (unpaired) electrons. The van der Waals surface area contributed by atoms with Crippen LogP contribution in [0.3, 0.4) is 0 Å². The second-order valence-electron chi connectivity index (χ2n) is 6.19. The molecule has 1 unspecified atom stereocenters. The number of carbonyl (C=O) groups is 1. The third-order valence-corrected chi connectivity index (χ3v) is 4.94. The second-order valence-corrected chi connectivity index (χ2v) is 6.63. The molecule has 0 amide bonds.